The molecule has 0 atom stereocenters. The molecule has 0 spiro atoms. The van der Waals surface area contributed by atoms with Gasteiger partial charge >= 0.3 is 27.5 Å². The Morgan fingerprint density at radius 3 is 2.05 bits per heavy atom. The van der Waals surface area contributed by atoms with Gasteiger partial charge in [0.25, 0.3) is 16.0 Å². The van der Waals surface area contributed by atoms with Crippen LogP contribution in [0.1, 0.15) is 6.92 Å². The second-order valence-corrected chi connectivity index (χ2v) is 11.4. The number of nitrogens with zero attached hydrogens (tertiary/aromatic N) is 2. The number of amides is 1. The van der Waals surface area contributed by atoms with E-state index in [4.69, 9.17) is 9.11 Å². The summed E-state index contributed by atoms with van der Waals surface area (Å²) in [5.74, 6) is -3.65. The Kier molecular flexibility index (Phi) is 10.9. The van der Waals surface area contributed by atoms with Crippen molar-refractivity contribution >= 4 is 47.6 Å². The van der Waals surface area contributed by atoms with E-state index in [1.54, 1.807) is 0 Å². The summed E-state index contributed by atoms with van der Waals surface area (Å²) in [5.41, 5.74) is -1.14. The van der Waals surface area contributed by atoms with Crippen LogP contribution in [-0.4, -0.2) is 52.6 Å². The van der Waals surface area contributed by atoms with Crippen molar-refractivity contribution in [3.8, 4) is 5.75 Å². The number of benzene rings is 2. The summed E-state index contributed by atoms with van der Waals surface area (Å²) in [6.07, 6.45) is 0. The molecule has 15 nitrogen and oxygen atoms in total. The van der Waals surface area contributed by atoms with Gasteiger partial charge in [-0.2, -0.15) is 21.9 Å². The molecule has 205 valence electrons. The molecule has 0 aliphatic carbocycles. The van der Waals surface area contributed by atoms with Crippen LogP contribution >= 0.6 is 0 Å². The minimum absolute atomic E-state index is 0. The number of nitrogens with one attached hydrogen (secondary N) is 1. The molecule has 0 aliphatic heterocycles. The molecule has 37 heavy (non-hydrogen) atoms. The number of anilines is 1. The van der Waals surface area contributed by atoms with Crippen LogP contribution in [-0.2, 0) is 56.4 Å². The minimum atomic E-state index is -4.81. The Morgan fingerprint density at radius 1 is 1.00 bits per heavy atom. The standard InChI is InChI=1S/C18H19N3O12S3.Cu/c1-11(22)17(21-20-15-7-6-14(10-16(15)23)35(27,28)29)18(24)19-12-2-4-13(5-3-12)34(25,26)9-8-33-36(30,31)32;/h2-7,10,22-23H,8-9H2,1H3,(H,19,24)(H,27,28,29)(H,30,31,32);/q;+2/p-2/b17-11-,21-20?;. The quantitative estimate of drug-likeness (QED) is 0.103. The van der Waals surface area contributed by atoms with E-state index < -0.39 is 76.4 Å². The number of carbonyl (C=O) groups is 1. The molecule has 0 aliphatic rings. The van der Waals surface area contributed by atoms with Crippen molar-refractivity contribution in [1.82, 2.24) is 0 Å². The maximum absolute atomic E-state index is 12.4. The molecule has 2 rings (SSSR count). The molecule has 0 saturated heterocycles. The number of azo groups is 1. The van der Waals surface area contributed by atoms with Crippen molar-refractivity contribution in [1.29, 1.82) is 0 Å². The summed E-state index contributed by atoms with van der Waals surface area (Å²) in [4.78, 5) is 11.5. The van der Waals surface area contributed by atoms with Gasteiger partial charge in [0.15, 0.2) is 9.84 Å². The predicted molar refractivity (Wildman–Crippen MR) is 118 cm³/mol. The molecule has 0 aromatic heterocycles. The van der Waals surface area contributed by atoms with Crippen molar-refractivity contribution in [3.05, 3.63) is 53.9 Å². The summed E-state index contributed by atoms with van der Waals surface area (Å²) in [6.45, 7) is 0.156. The summed E-state index contributed by atoms with van der Waals surface area (Å²) >= 11 is 0. The summed E-state index contributed by atoms with van der Waals surface area (Å²) < 4.78 is 88.9. The van der Waals surface area contributed by atoms with Gasteiger partial charge in [0.2, 0.25) is 0 Å². The zero-order valence-electron chi connectivity index (χ0n) is 18.4. The first-order valence-electron chi connectivity index (χ1n) is 9.34. The van der Waals surface area contributed by atoms with Gasteiger partial charge in [-0.05, 0) is 42.5 Å². The van der Waals surface area contributed by atoms with Gasteiger partial charge in [-0.3, -0.25) is 13.9 Å². The van der Waals surface area contributed by atoms with Gasteiger partial charge in [-0.25, -0.2) is 12.6 Å². The first-order valence-corrected chi connectivity index (χ1v) is 13.8. The molecule has 2 aromatic carbocycles. The molecule has 19 heteroatoms. The van der Waals surface area contributed by atoms with E-state index in [0.717, 1.165) is 43.3 Å². The molecular formula is C18H17CuN3O12S3. The van der Waals surface area contributed by atoms with Crippen molar-refractivity contribution in [3.63, 3.8) is 0 Å². The summed E-state index contributed by atoms with van der Waals surface area (Å²) in [7, 11) is -13.4. The van der Waals surface area contributed by atoms with Crippen molar-refractivity contribution in [2.75, 3.05) is 17.7 Å². The number of carbonyl (C=O) groups excluding carboxylic acids is 1. The molecule has 0 saturated carbocycles. The Balaban J connectivity index is 0.00000684. The maximum atomic E-state index is 12.4. The van der Waals surface area contributed by atoms with E-state index in [9.17, 15) is 40.3 Å². The summed E-state index contributed by atoms with van der Waals surface area (Å²) in [5, 5.41) is 32.9. The van der Waals surface area contributed by atoms with E-state index in [2.05, 4.69) is 19.7 Å². The predicted octanol–water partition coefficient (Wildman–Crippen LogP) is -0.0883. The van der Waals surface area contributed by atoms with E-state index in [-0.39, 0.29) is 27.7 Å². The molecule has 0 heterocycles. The largest absolute Gasteiger partial charge is 2.00 e. The van der Waals surface area contributed by atoms with E-state index >= 15 is 0 Å². The van der Waals surface area contributed by atoms with E-state index in [0.29, 0.717) is 6.07 Å². The topological polar surface area (TPSA) is 252 Å². The van der Waals surface area contributed by atoms with Gasteiger partial charge in [0.1, 0.15) is 5.70 Å². The number of hydrogen-bond acceptors (Lipinski definition) is 12. The smallest absolute Gasteiger partial charge is 0.874 e. The zero-order chi connectivity index (χ0) is 27.3. The van der Waals surface area contributed by atoms with Crippen LogP contribution in [0.3, 0.4) is 0 Å². The third-order valence-corrected chi connectivity index (χ3v) is 7.10. The van der Waals surface area contributed by atoms with Crippen LogP contribution in [0.25, 0.3) is 0 Å². The molecule has 0 fully saturated rings. The Bertz CT molecular complexity index is 1530. The van der Waals surface area contributed by atoms with Gasteiger partial charge in [-0.15, -0.1) is 10.9 Å². The number of hydrogen-bond donors (Lipinski definition) is 3. The Labute approximate surface area is 222 Å². The van der Waals surface area contributed by atoms with Crippen LogP contribution in [0, 0.1) is 0 Å². The average molecular weight is 627 g/mol. The number of allylic oxidation sites excluding steroid dienone is 1. The molecule has 2 aromatic rings. The van der Waals surface area contributed by atoms with Crippen LogP contribution in [0.4, 0.5) is 11.4 Å². The van der Waals surface area contributed by atoms with Crippen LogP contribution in [0.2, 0.25) is 0 Å². The minimum Gasteiger partial charge on any atom is -0.874 e. The molecule has 3 N–H and O–H groups in total. The third kappa shape index (κ3) is 9.82. The number of rotatable bonds is 10. The first-order chi connectivity index (χ1) is 16.5. The zero-order valence-corrected chi connectivity index (χ0v) is 21.7. The van der Waals surface area contributed by atoms with Gasteiger partial charge < -0.3 is 15.5 Å². The molecule has 1 radical (unpaired) electrons. The molecular weight excluding hydrogens is 610 g/mol. The van der Waals surface area contributed by atoms with Crippen molar-refractivity contribution in [2.45, 2.75) is 16.7 Å². The van der Waals surface area contributed by atoms with Crippen molar-refractivity contribution < 1.29 is 70.6 Å². The Morgan fingerprint density at radius 2 is 1.57 bits per heavy atom. The van der Waals surface area contributed by atoms with E-state index in [1.165, 1.54) is 0 Å². The fourth-order valence-electron chi connectivity index (χ4n) is 2.42. The van der Waals surface area contributed by atoms with Crippen molar-refractivity contribution in [2.24, 2.45) is 10.2 Å². The average Bonchev–Trinajstić information content (AvgIpc) is 2.73. The molecule has 0 bridgehead atoms. The Hall–Kier alpha value is -2.90. The monoisotopic (exact) mass is 626 g/mol. The van der Waals surface area contributed by atoms with E-state index in [1.807, 2.05) is 0 Å². The van der Waals surface area contributed by atoms with Gasteiger partial charge in [-0.1, -0.05) is 12.7 Å². The summed E-state index contributed by atoms with van der Waals surface area (Å²) in [6, 6.07) is 6.82. The molecule has 1 amide bonds. The van der Waals surface area contributed by atoms with Crippen LogP contribution < -0.4 is 15.5 Å². The van der Waals surface area contributed by atoms with Gasteiger partial charge in [0, 0.05) is 5.69 Å². The van der Waals surface area contributed by atoms with Crippen LogP contribution in [0.5, 0.6) is 5.75 Å². The molecule has 0 unspecified atom stereocenters. The van der Waals surface area contributed by atoms with Crippen LogP contribution in [0.15, 0.2) is 73.9 Å². The maximum Gasteiger partial charge on any atom is 2.00 e. The first kappa shape index (κ1) is 32.1. The normalized spacial score (nSPS) is 13.1. The second-order valence-electron chi connectivity index (χ2n) is 6.76. The second kappa shape index (κ2) is 12.6. The fourth-order valence-corrected chi connectivity index (χ4v) is 4.40. The number of sulfone groups is 1. The SMILES string of the molecule is C/C([O-])=C(/N=Nc1ccc(S(=O)(=O)O)cc1[O-])C(=O)Nc1ccc(S(=O)(=O)CCOS(=O)(=O)O)cc1.[Cu+2]. The van der Waals surface area contributed by atoms with Gasteiger partial charge in [0.05, 0.1) is 27.8 Å². The fraction of sp³-hybridized carbons (Fsp3) is 0.167. The third-order valence-electron chi connectivity index (χ3n) is 4.09.